The number of hydrogen-bond acceptors (Lipinski definition) is 5. The Morgan fingerprint density at radius 3 is 2.23 bits per heavy atom. The third-order valence-corrected chi connectivity index (χ3v) is 1.12. The van der Waals surface area contributed by atoms with Crippen molar-refractivity contribution in [3.8, 4) is 0 Å². The van der Waals surface area contributed by atoms with Gasteiger partial charge in [0, 0.05) is 6.54 Å². The van der Waals surface area contributed by atoms with E-state index >= 15 is 0 Å². The van der Waals surface area contributed by atoms with E-state index in [9.17, 15) is 9.59 Å². The maximum atomic E-state index is 10.3. The number of urea groups is 1. The molecule has 1 fully saturated rings. The summed E-state index contributed by atoms with van der Waals surface area (Å²) in [5.41, 5.74) is 9.15. The molecule has 9 heteroatoms. The lowest BCUT2D eigenvalue weighted by molar-refractivity contribution is -0.119. The first-order chi connectivity index (χ1) is 5.93. The minimum absolute atomic E-state index is 0.300. The van der Waals surface area contributed by atoms with Gasteiger partial charge in [0.15, 0.2) is 0 Å². The summed E-state index contributed by atoms with van der Waals surface area (Å²) >= 11 is 0. The molecule has 0 radical (unpaired) electrons. The van der Waals surface area contributed by atoms with Crippen LogP contribution in [0.5, 0.6) is 0 Å². The maximum Gasteiger partial charge on any atom is 0.315 e. The van der Waals surface area contributed by atoms with Crippen LogP contribution in [0.2, 0.25) is 0 Å². The molecule has 8 nitrogen and oxygen atoms in total. The van der Waals surface area contributed by atoms with Gasteiger partial charge in [-0.15, -0.1) is 0 Å². The van der Waals surface area contributed by atoms with E-state index in [1.807, 2.05) is 0 Å². The summed E-state index contributed by atoms with van der Waals surface area (Å²) in [4.78, 5) is 35.5. The van der Waals surface area contributed by atoms with Crippen molar-refractivity contribution >= 4 is 20.5 Å². The highest BCUT2D eigenvalue weighted by Gasteiger charge is 2.23. The van der Waals surface area contributed by atoms with Crippen molar-refractivity contribution in [2.24, 2.45) is 11.2 Å². The van der Waals surface area contributed by atoms with Crippen LogP contribution in [-0.2, 0) is 4.79 Å². The van der Waals surface area contributed by atoms with Gasteiger partial charge < -0.3 is 26.2 Å². The molecule has 1 unspecified atom stereocenters. The molecule has 76 valence electrons. The van der Waals surface area contributed by atoms with E-state index in [1.54, 1.807) is 0 Å². The molecule has 3 amide bonds. The molecule has 1 aliphatic heterocycles. The van der Waals surface area contributed by atoms with Gasteiger partial charge in [-0.1, -0.05) is 0 Å². The fourth-order valence-electron chi connectivity index (χ4n) is 0.627. The number of amides is 3. The predicted octanol–water partition coefficient (Wildman–Crippen LogP) is -2.69. The van der Waals surface area contributed by atoms with Gasteiger partial charge in [0.05, 0.1) is 0 Å². The van der Waals surface area contributed by atoms with Gasteiger partial charge in [-0.2, -0.15) is 0 Å². The first kappa shape index (κ1) is 12.0. The second-order valence-electron chi connectivity index (χ2n) is 2.13. The van der Waals surface area contributed by atoms with Crippen molar-refractivity contribution in [2.45, 2.75) is 6.04 Å². The zero-order valence-corrected chi connectivity index (χ0v) is 7.49. The molecular formula is C4H11N4O4P. The number of carbonyl (C=O) groups is 2. The van der Waals surface area contributed by atoms with Crippen molar-refractivity contribution < 1.29 is 19.4 Å². The van der Waals surface area contributed by atoms with E-state index in [0.717, 1.165) is 0 Å². The van der Waals surface area contributed by atoms with Gasteiger partial charge >= 0.3 is 6.03 Å². The molecular weight excluding hydrogens is 199 g/mol. The van der Waals surface area contributed by atoms with Gasteiger partial charge in [0.2, 0.25) is 14.4 Å². The summed E-state index contributed by atoms with van der Waals surface area (Å²) in [6, 6.07) is -0.865. The lowest BCUT2D eigenvalue weighted by Gasteiger charge is -1.99. The first-order valence-electron chi connectivity index (χ1n) is 3.19. The molecule has 0 bridgehead atoms. The second kappa shape index (κ2) is 5.65. The third-order valence-electron chi connectivity index (χ3n) is 1.12. The zero-order valence-electron chi connectivity index (χ0n) is 6.60. The highest BCUT2D eigenvalue weighted by Crippen LogP contribution is 2.05. The minimum Gasteiger partial charge on any atom is -0.368 e. The van der Waals surface area contributed by atoms with Crippen LogP contribution in [0.1, 0.15) is 0 Å². The van der Waals surface area contributed by atoms with Crippen molar-refractivity contribution in [1.82, 2.24) is 10.6 Å². The molecule has 1 atom stereocenters. The Morgan fingerprint density at radius 2 is 2.08 bits per heavy atom. The molecule has 0 aromatic rings. The molecule has 1 saturated heterocycles. The van der Waals surface area contributed by atoms with Crippen LogP contribution in [-0.4, -0.2) is 34.3 Å². The Labute approximate surface area is 75.3 Å². The summed E-state index contributed by atoms with van der Waals surface area (Å²) < 4.78 is 0. The van der Waals surface area contributed by atoms with Crippen LogP contribution in [0.3, 0.4) is 0 Å². The molecule has 0 saturated carbocycles. The standard InChI is InChI=1S/C4H7N3O2.H4NO2P/c5-3(8)2-1-6-4(9)7-2;1-4(2)3/h2H,1H2,(H2,5,8)(H2,6,7,9);2-3H,1H2. The van der Waals surface area contributed by atoms with Gasteiger partial charge in [-0.3, -0.25) is 10.3 Å². The first-order valence-corrected chi connectivity index (χ1v) is 4.51. The SMILES string of the molecule is NC(=O)C1CNC(=O)N1.NP(O)O. The Bertz CT molecular complexity index is 196. The maximum absolute atomic E-state index is 10.3. The van der Waals surface area contributed by atoms with Crippen molar-refractivity contribution in [1.29, 1.82) is 0 Å². The molecule has 1 rings (SSSR count). The summed E-state index contributed by atoms with van der Waals surface area (Å²) in [5, 5.41) is 4.73. The fraction of sp³-hybridized carbons (Fsp3) is 0.500. The van der Waals surface area contributed by atoms with Crippen LogP contribution >= 0.6 is 8.53 Å². The monoisotopic (exact) mass is 210 g/mol. The van der Waals surface area contributed by atoms with Crippen molar-refractivity contribution in [3.63, 3.8) is 0 Å². The van der Waals surface area contributed by atoms with Crippen LogP contribution in [0.25, 0.3) is 0 Å². The average molecular weight is 210 g/mol. The number of nitrogens with one attached hydrogen (secondary N) is 2. The van der Waals surface area contributed by atoms with E-state index < -0.39 is 20.5 Å². The number of primary amides is 1. The third kappa shape index (κ3) is 6.23. The normalized spacial score (nSPS) is 20.0. The summed E-state index contributed by atoms with van der Waals surface area (Å²) in [7, 11) is -2.12. The summed E-state index contributed by atoms with van der Waals surface area (Å²) in [6.45, 7) is 0.300. The largest absolute Gasteiger partial charge is 0.368 e. The topological polar surface area (TPSA) is 151 Å². The molecule has 0 spiro atoms. The summed E-state index contributed by atoms with van der Waals surface area (Å²) in [6.07, 6.45) is 0. The fourth-order valence-corrected chi connectivity index (χ4v) is 0.627. The van der Waals surface area contributed by atoms with Crippen LogP contribution in [0.15, 0.2) is 0 Å². The molecule has 0 aliphatic carbocycles. The average Bonchev–Trinajstić information content (AvgIpc) is 2.34. The highest BCUT2D eigenvalue weighted by atomic mass is 31.2. The number of nitrogens with two attached hydrogens (primary N) is 2. The lowest BCUT2D eigenvalue weighted by atomic mass is 10.3. The predicted molar refractivity (Wildman–Crippen MR) is 45.1 cm³/mol. The van der Waals surface area contributed by atoms with E-state index in [0.29, 0.717) is 6.54 Å². The smallest absolute Gasteiger partial charge is 0.315 e. The van der Waals surface area contributed by atoms with Crippen molar-refractivity contribution in [2.75, 3.05) is 6.54 Å². The second-order valence-corrected chi connectivity index (χ2v) is 2.77. The van der Waals surface area contributed by atoms with Gasteiger partial charge in [-0.05, 0) is 0 Å². The Kier molecular flexibility index (Phi) is 5.24. The number of carbonyl (C=O) groups excluding carboxylic acids is 2. The molecule has 13 heavy (non-hydrogen) atoms. The Balaban J connectivity index is 0.000000310. The number of rotatable bonds is 1. The van der Waals surface area contributed by atoms with E-state index in [4.69, 9.17) is 15.5 Å². The Morgan fingerprint density at radius 1 is 1.62 bits per heavy atom. The van der Waals surface area contributed by atoms with Crippen LogP contribution < -0.4 is 21.9 Å². The highest BCUT2D eigenvalue weighted by molar-refractivity contribution is 7.42. The van der Waals surface area contributed by atoms with Crippen molar-refractivity contribution in [3.05, 3.63) is 0 Å². The van der Waals surface area contributed by atoms with E-state index in [1.165, 1.54) is 0 Å². The van der Waals surface area contributed by atoms with Gasteiger partial charge in [0.25, 0.3) is 0 Å². The number of hydrogen-bond donors (Lipinski definition) is 6. The molecule has 0 aromatic carbocycles. The minimum atomic E-state index is -2.12. The Hall–Kier alpha value is -0.950. The molecule has 8 N–H and O–H groups in total. The van der Waals surface area contributed by atoms with Crippen LogP contribution in [0, 0.1) is 0 Å². The van der Waals surface area contributed by atoms with E-state index in [2.05, 4.69) is 16.1 Å². The van der Waals surface area contributed by atoms with Gasteiger partial charge in [-0.25, -0.2) is 4.79 Å². The lowest BCUT2D eigenvalue weighted by Crippen LogP contribution is -2.39. The molecule has 0 aromatic heterocycles. The van der Waals surface area contributed by atoms with Gasteiger partial charge in [0.1, 0.15) is 6.04 Å². The van der Waals surface area contributed by atoms with E-state index in [-0.39, 0.29) is 6.03 Å². The quantitative estimate of drug-likeness (QED) is 0.260. The zero-order chi connectivity index (χ0) is 10.4. The summed E-state index contributed by atoms with van der Waals surface area (Å²) in [5.74, 6) is -0.506. The molecule has 1 heterocycles. The van der Waals surface area contributed by atoms with Crippen LogP contribution in [0.4, 0.5) is 4.79 Å². The molecule has 1 aliphatic rings.